The smallest absolute Gasteiger partial charge is 0.317 e. The van der Waals surface area contributed by atoms with E-state index in [9.17, 15) is 4.79 Å². The Kier molecular flexibility index (Phi) is 6.79. The minimum Gasteiger partial charge on any atom is -0.378 e. The van der Waals surface area contributed by atoms with E-state index in [4.69, 9.17) is 9.26 Å². The number of anilines is 1. The maximum atomic E-state index is 12.6. The first kappa shape index (κ1) is 23.2. The van der Waals surface area contributed by atoms with Gasteiger partial charge in [-0.2, -0.15) is 0 Å². The maximum Gasteiger partial charge on any atom is 0.317 e. The highest BCUT2D eigenvalue weighted by atomic mass is 16.5. The number of nitrogens with zero attached hydrogens (tertiary/aromatic N) is 4. The lowest BCUT2D eigenvalue weighted by molar-refractivity contribution is 0.0101. The Bertz CT molecular complexity index is 948. The van der Waals surface area contributed by atoms with E-state index in [2.05, 4.69) is 70.5 Å². The van der Waals surface area contributed by atoms with E-state index >= 15 is 0 Å². The van der Waals surface area contributed by atoms with E-state index < -0.39 is 0 Å². The Morgan fingerprint density at radius 2 is 1.82 bits per heavy atom. The Morgan fingerprint density at radius 3 is 2.53 bits per heavy atom. The number of piperazine rings is 1. The summed E-state index contributed by atoms with van der Waals surface area (Å²) in [4.78, 5) is 19.3. The third-order valence-corrected chi connectivity index (χ3v) is 8.00. The molecule has 3 aliphatic rings. The SMILES string of the molecule is CC1(C)[C@H](Cc2cc(CN3CCN(c4ccccc4)CC3)on2)C[C@@H]1NC(=O)N1CCOCC1. The molecule has 34 heavy (non-hydrogen) atoms. The molecule has 2 atom stereocenters. The molecule has 1 aromatic heterocycles. The van der Waals surface area contributed by atoms with Gasteiger partial charge < -0.3 is 24.4 Å². The molecule has 1 saturated carbocycles. The van der Waals surface area contributed by atoms with Crippen LogP contribution < -0.4 is 10.2 Å². The second-order valence-electron chi connectivity index (χ2n) is 10.4. The third kappa shape index (κ3) is 5.08. The van der Waals surface area contributed by atoms with Crippen LogP contribution in [0.5, 0.6) is 0 Å². The summed E-state index contributed by atoms with van der Waals surface area (Å²) < 4.78 is 11.0. The highest BCUT2D eigenvalue weighted by molar-refractivity contribution is 5.75. The largest absolute Gasteiger partial charge is 0.378 e. The van der Waals surface area contributed by atoms with Crippen LogP contribution in [-0.2, 0) is 17.7 Å². The number of hydrogen-bond donors (Lipinski definition) is 1. The number of rotatable bonds is 6. The monoisotopic (exact) mass is 467 g/mol. The summed E-state index contributed by atoms with van der Waals surface area (Å²) in [6.07, 6.45) is 1.87. The van der Waals surface area contributed by atoms with Gasteiger partial charge in [-0.3, -0.25) is 4.90 Å². The molecule has 3 fully saturated rings. The molecule has 0 spiro atoms. The van der Waals surface area contributed by atoms with Crippen molar-refractivity contribution >= 4 is 11.7 Å². The van der Waals surface area contributed by atoms with E-state index in [0.29, 0.717) is 32.2 Å². The van der Waals surface area contributed by atoms with Gasteiger partial charge in [-0.15, -0.1) is 0 Å². The number of amides is 2. The standard InChI is InChI=1S/C26H37N5O3/c1-26(2)20(17-24(26)27-25(32)31-12-14-33-15-13-31)16-21-18-23(34-28-21)19-29-8-10-30(11-9-29)22-6-4-3-5-7-22/h3-7,18,20,24H,8-17,19H2,1-2H3,(H,27,32)/t20-,24+/m1/s1. The van der Waals surface area contributed by atoms with Crippen molar-refractivity contribution in [2.75, 3.05) is 57.4 Å². The maximum absolute atomic E-state index is 12.6. The van der Waals surface area contributed by atoms with Crippen LogP contribution in [0.15, 0.2) is 40.9 Å². The number of aromatic nitrogens is 1. The first-order valence-corrected chi connectivity index (χ1v) is 12.6. The molecule has 8 nitrogen and oxygen atoms in total. The van der Waals surface area contributed by atoms with Crippen LogP contribution in [-0.4, -0.2) is 79.5 Å². The lowest BCUT2D eigenvalue weighted by Gasteiger charge is -2.52. The molecule has 1 aliphatic carbocycles. The Balaban J connectivity index is 1.07. The molecule has 5 rings (SSSR count). The fourth-order valence-electron chi connectivity index (χ4n) is 5.42. The number of carbonyl (C=O) groups excluding carboxylic acids is 1. The zero-order valence-electron chi connectivity index (χ0n) is 20.4. The number of hydrogen-bond acceptors (Lipinski definition) is 6. The molecule has 1 N–H and O–H groups in total. The fraction of sp³-hybridized carbons (Fsp3) is 0.615. The van der Waals surface area contributed by atoms with E-state index in [0.717, 1.165) is 57.0 Å². The predicted molar refractivity (Wildman–Crippen MR) is 131 cm³/mol. The molecular weight excluding hydrogens is 430 g/mol. The molecule has 0 unspecified atom stereocenters. The minimum absolute atomic E-state index is 0.0365. The molecule has 184 valence electrons. The van der Waals surface area contributed by atoms with Crippen LogP contribution in [0.3, 0.4) is 0 Å². The Labute approximate surface area is 202 Å². The van der Waals surface area contributed by atoms with Crippen molar-refractivity contribution in [3.05, 3.63) is 47.9 Å². The van der Waals surface area contributed by atoms with E-state index in [1.807, 2.05) is 4.90 Å². The summed E-state index contributed by atoms with van der Waals surface area (Å²) in [5.41, 5.74) is 2.36. The summed E-state index contributed by atoms with van der Waals surface area (Å²) in [7, 11) is 0. The summed E-state index contributed by atoms with van der Waals surface area (Å²) in [6.45, 7) is 12.0. The fourth-order valence-corrected chi connectivity index (χ4v) is 5.42. The van der Waals surface area contributed by atoms with Crippen LogP contribution in [0.1, 0.15) is 31.7 Å². The molecular formula is C26H37N5O3. The number of carbonyl (C=O) groups is 1. The van der Waals surface area contributed by atoms with E-state index in [1.54, 1.807) is 0 Å². The van der Waals surface area contributed by atoms with Gasteiger partial charge in [0, 0.05) is 57.1 Å². The zero-order valence-corrected chi connectivity index (χ0v) is 20.4. The number of benzene rings is 1. The third-order valence-electron chi connectivity index (χ3n) is 8.00. The molecule has 1 aromatic carbocycles. The molecule has 2 aromatic rings. The van der Waals surface area contributed by atoms with Crippen molar-refractivity contribution < 1.29 is 14.1 Å². The summed E-state index contributed by atoms with van der Waals surface area (Å²) in [5, 5.41) is 7.61. The molecule has 2 amide bonds. The van der Waals surface area contributed by atoms with Gasteiger partial charge in [0.1, 0.15) is 0 Å². The quantitative estimate of drug-likeness (QED) is 0.704. The van der Waals surface area contributed by atoms with Gasteiger partial charge in [0.15, 0.2) is 5.76 Å². The lowest BCUT2D eigenvalue weighted by Crippen LogP contribution is -2.61. The van der Waals surface area contributed by atoms with Crippen LogP contribution in [0, 0.1) is 11.3 Å². The summed E-state index contributed by atoms with van der Waals surface area (Å²) in [5.74, 6) is 1.42. The average Bonchev–Trinajstić information content (AvgIpc) is 3.31. The average molecular weight is 468 g/mol. The van der Waals surface area contributed by atoms with Crippen molar-refractivity contribution in [2.45, 2.75) is 39.3 Å². The van der Waals surface area contributed by atoms with Gasteiger partial charge in [-0.25, -0.2) is 4.79 Å². The zero-order chi connectivity index (χ0) is 23.5. The number of nitrogens with one attached hydrogen (secondary N) is 1. The summed E-state index contributed by atoms with van der Waals surface area (Å²) >= 11 is 0. The lowest BCUT2D eigenvalue weighted by atomic mass is 9.57. The van der Waals surface area contributed by atoms with Crippen molar-refractivity contribution in [3.8, 4) is 0 Å². The number of morpholine rings is 1. The molecule has 2 saturated heterocycles. The van der Waals surface area contributed by atoms with Gasteiger partial charge >= 0.3 is 6.03 Å². The summed E-state index contributed by atoms with van der Waals surface area (Å²) in [6, 6.07) is 13.0. The van der Waals surface area contributed by atoms with Gasteiger partial charge in [0.25, 0.3) is 0 Å². The second-order valence-corrected chi connectivity index (χ2v) is 10.4. The van der Waals surface area contributed by atoms with Gasteiger partial charge in [0.2, 0.25) is 0 Å². The van der Waals surface area contributed by atoms with Crippen LogP contribution in [0.25, 0.3) is 0 Å². The van der Waals surface area contributed by atoms with Crippen LogP contribution >= 0.6 is 0 Å². The van der Waals surface area contributed by atoms with Gasteiger partial charge in [-0.1, -0.05) is 37.2 Å². The first-order chi connectivity index (χ1) is 16.5. The Hall–Kier alpha value is -2.58. The normalized spacial score (nSPS) is 25.1. The highest BCUT2D eigenvalue weighted by Gasteiger charge is 2.49. The van der Waals surface area contributed by atoms with Crippen LogP contribution in [0.4, 0.5) is 10.5 Å². The molecule has 2 aliphatic heterocycles. The molecule has 3 heterocycles. The van der Waals surface area contributed by atoms with E-state index in [-0.39, 0.29) is 17.5 Å². The van der Waals surface area contributed by atoms with Crippen molar-refractivity contribution in [3.63, 3.8) is 0 Å². The van der Waals surface area contributed by atoms with Crippen molar-refractivity contribution in [2.24, 2.45) is 11.3 Å². The number of ether oxygens (including phenoxy) is 1. The highest BCUT2D eigenvalue weighted by Crippen LogP contribution is 2.47. The number of urea groups is 1. The van der Waals surface area contributed by atoms with Crippen LogP contribution in [0.2, 0.25) is 0 Å². The molecule has 8 heteroatoms. The van der Waals surface area contributed by atoms with Gasteiger partial charge in [-0.05, 0) is 36.3 Å². The second kappa shape index (κ2) is 9.96. The topological polar surface area (TPSA) is 74.1 Å². The predicted octanol–water partition coefficient (Wildman–Crippen LogP) is 3.00. The van der Waals surface area contributed by atoms with Gasteiger partial charge in [0.05, 0.1) is 25.5 Å². The first-order valence-electron chi connectivity index (χ1n) is 12.6. The minimum atomic E-state index is 0.0365. The molecule has 0 bridgehead atoms. The van der Waals surface area contributed by atoms with E-state index in [1.165, 1.54) is 5.69 Å². The number of para-hydroxylation sites is 1. The Morgan fingerprint density at radius 1 is 1.09 bits per heavy atom. The van der Waals surface area contributed by atoms with Crippen molar-refractivity contribution in [1.82, 2.24) is 20.3 Å². The van der Waals surface area contributed by atoms with Crippen molar-refractivity contribution in [1.29, 1.82) is 0 Å². The molecule has 0 radical (unpaired) electrons.